The molecule has 8 heteroatoms. The zero-order chi connectivity index (χ0) is 31.3. The Kier molecular flexibility index (Phi) is 11.6. The zero-order valence-corrected chi connectivity index (χ0v) is 24.7. The van der Waals surface area contributed by atoms with Crippen molar-refractivity contribution in [3.63, 3.8) is 0 Å². The summed E-state index contributed by atoms with van der Waals surface area (Å²) < 4.78 is 20.3. The molecule has 0 aromatic heterocycles. The third-order valence-electron chi connectivity index (χ3n) is 7.18. The maximum atomic E-state index is 14.4. The predicted octanol–water partition coefficient (Wildman–Crippen LogP) is 7.16. The Morgan fingerprint density at radius 1 is 0.864 bits per heavy atom. The van der Waals surface area contributed by atoms with Crippen molar-refractivity contribution in [1.82, 2.24) is 0 Å². The lowest BCUT2D eigenvalue weighted by atomic mass is 10.00. The molecule has 1 amide bonds. The van der Waals surface area contributed by atoms with Crippen LogP contribution in [-0.2, 0) is 16.0 Å². The van der Waals surface area contributed by atoms with Gasteiger partial charge in [0.1, 0.15) is 17.6 Å². The lowest BCUT2D eigenvalue weighted by molar-refractivity contribution is -0.137. The summed E-state index contributed by atoms with van der Waals surface area (Å²) >= 11 is 0. The van der Waals surface area contributed by atoms with Crippen molar-refractivity contribution in [1.29, 1.82) is 0 Å². The molecule has 0 unspecified atom stereocenters. The minimum absolute atomic E-state index is 0.116. The number of carboxylic acid groups (broad SMARTS) is 1. The molecular formula is C36H37FN2O5. The Hall–Kier alpha value is -4.98. The number of carbonyl (C=O) groups is 3. The number of hydrogen-bond donors (Lipinski definition) is 2. The molecule has 0 aliphatic carbocycles. The largest absolute Gasteiger partial charge is 0.494 e. The van der Waals surface area contributed by atoms with Crippen LogP contribution in [0.5, 0.6) is 5.75 Å². The van der Waals surface area contributed by atoms with Gasteiger partial charge in [-0.2, -0.15) is 0 Å². The number of para-hydroxylation sites is 2. The summed E-state index contributed by atoms with van der Waals surface area (Å²) in [5.74, 6) is -1.19. The summed E-state index contributed by atoms with van der Waals surface area (Å²) in [6.07, 6.45) is 2.65. The van der Waals surface area contributed by atoms with Gasteiger partial charge >= 0.3 is 5.97 Å². The van der Waals surface area contributed by atoms with E-state index in [0.29, 0.717) is 48.6 Å². The Morgan fingerprint density at radius 2 is 1.55 bits per heavy atom. The molecule has 7 nitrogen and oxygen atoms in total. The number of nitrogens with one attached hydrogen (secondary N) is 1. The van der Waals surface area contributed by atoms with Crippen LogP contribution < -0.4 is 15.0 Å². The lowest BCUT2D eigenvalue weighted by Crippen LogP contribution is -2.33. The summed E-state index contributed by atoms with van der Waals surface area (Å²) in [6.45, 7) is 2.64. The molecule has 44 heavy (non-hydrogen) atoms. The molecule has 0 saturated carbocycles. The van der Waals surface area contributed by atoms with Gasteiger partial charge in [-0.25, -0.2) is 9.18 Å². The van der Waals surface area contributed by atoms with Crippen LogP contribution in [0.15, 0.2) is 103 Å². The molecule has 2 N–H and O–H groups in total. The number of amides is 1. The molecular weight excluding hydrogens is 559 g/mol. The molecule has 1 atom stereocenters. The first-order chi connectivity index (χ1) is 21.4. The second-order valence-corrected chi connectivity index (χ2v) is 10.4. The number of aliphatic carboxylic acids is 1. The molecule has 4 aromatic carbocycles. The minimum Gasteiger partial charge on any atom is -0.494 e. The van der Waals surface area contributed by atoms with Gasteiger partial charge in [0.15, 0.2) is 5.78 Å². The number of benzene rings is 4. The van der Waals surface area contributed by atoms with Crippen molar-refractivity contribution in [2.75, 3.05) is 23.4 Å². The van der Waals surface area contributed by atoms with E-state index in [-0.39, 0.29) is 23.8 Å². The third kappa shape index (κ3) is 8.77. The van der Waals surface area contributed by atoms with E-state index >= 15 is 0 Å². The molecule has 0 bridgehead atoms. The summed E-state index contributed by atoms with van der Waals surface area (Å²) in [7, 11) is 0. The first kappa shape index (κ1) is 31.9. The van der Waals surface area contributed by atoms with Crippen molar-refractivity contribution < 1.29 is 28.6 Å². The van der Waals surface area contributed by atoms with Crippen LogP contribution in [0.4, 0.5) is 15.8 Å². The van der Waals surface area contributed by atoms with Crippen LogP contribution in [0, 0.1) is 5.82 Å². The summed E-state index contributed by atoms with van der Waals surface area (Å²) in [5.41, 5.74) is 2.41. The highest BCUT2D eigenvalue weighted by Crippen LogP contribution is 2.23. The molecule has 4 rings (SSSR count). The van der Waals surface area contributed by atoms with Gasteiger partial charge in [-0.05, 0) is 54.8 Å². The average molecular weight is 597 g/mol. The standard InChI is InChI=1S/C36H37FN2O5/c1-2-3-18-34(40)39(33-17-10-8-15-30(33)37)23-11-24-44-28-21-19-26(20-22-28)25-32(36(42)43)38-31-16-9-7-14-29(31)35(41)27-12-5-4-6-13-27/h4-10,12-17,19-22,32,38H,2-3,11,18,23-25H2,1H3,(H,42,43)/t32-/m0/s1. The van der Waals surface area contributed by atoms with Crippen molar-refractivity contribution in [2.45, 2.75) is 45.1 Å². The van der Waals surface area contributed by atoms with Crippen LogP contribution in [0.2, 0.25) is 0 Å². The van der Waals surface area contributed by atoms with Crippen molar-refractivity contribution in [3.05, 3.63) is 126 Å². The number of rotatable bonds is 16. The molecule has 0 heterocycles. The molecule has 228 valence electrons. The van der Waals surface area contributed by atoms with E-state index in [2.05, 4.69) is 5.32 Å². The normalized spacial score (nSPS) is 11.4. The van der Waals surface area contributed by atoms with Gasteiger partial charge < -0.3 is 20.1 Å². The van der Waals surface area contributed by atoms with Crippen LogP contribution in [0.25, 0.3) is 0 Å². The smallest absolute Gasteiger partial charge is 0.326 e. The third-order valence-corrected chi connectivity index (χ3v) is 7.18. The van der Waals surface area contributed by atoms with E-state index in [1.165, 1.54) is 11.0 Å². The molecule has 4 aromatic rings. The Labute approximate surface area is 257 Å². The van der Waals surface area contributed by atoms with Crippen molar-refractivity contribution in [3.8, 4) is 5.75 Å². The van der Waals surface area contributed by atoms with Crippen molar-refractivity contribution >= 4 is 29.0 Å². The maximum absolute atomic E-state index is 14.4. The Morgan fingerprint density at radius 3 is 2.25 bits per heavy atom. The molecule has 0 fully saturated rings. The van der Waals surface area contributed by atoms with Gasteiger partial charge in [-0.1, -0.05) is 80.1 Å². The van der Waals surface area contributed by atoms with Gasteiger partial charge in [0.05, 0.1) is 12.3 Å². The second-order valence-electron chi connectivity index (χ2n) is 10.4. The fraction of sp³-hybridized carbons (Fsp3) is 0.250. The highest BCUT2D eigenvalue weighted by atomic mass is 19.1. The summed E-state index contributed by atoms with van der Waals surface area (Å²) in [6, 6.07) is 28.2. The number of hydrogen-bond acceptors (Lipinski definition) is 5. The quantitative estimate of drug-likeness (QED) is 0.105. The van der Waals surface area contributed by atoms with Crippen LogP contribution in [0.3, 0.4) is 0 Å². The average Bonchev–Trinajstić information content (AvgIpc) is 3.05. The summed E-state index contributed by atoms with van der Waals surface area (Å²) in [4.78, 5) is 39.5. The van der Waals surface area contributed by atoms with E-state index in [4.69, 9.17) is 4.74 Å². The van der Waals surface area contributed by atoms with E-state index in [9.17, 15) is 23.9 Å². The number of halogens is 1. The first-order valence-corrected chi connectivity index (χ1v) is 14.8. The Bertz CT molecular complexity index is 1540. The first-order valence-electron chi connectivity index (χ1n) is 14.8. The number of unbranched alkanes of at least 4 members (excludes halogenated alkanes) is 1. The number of anilines is 2. The van der Waals surface area contributed by atoms with Gasteiger partial charge in [0.25, 0.3) is 0 Å². The summed E-state index contributed by atoms with van der Waals surface area (Å²) in [5, 5.41) is 13.0. The van der Waals surface area contributed by atoms with Gasteiger partial charge in [0.2, 0.25) is 5.91 Å². The topological polar surface area (TPSA) is 95.9 Å². The molecule has 0 radical (unpaired) electrons. The van der Waals surface area contributed by atoms with Gasteiger partial charge in [-0.15, -0.1) is 0 Å². The number of carboxylic acids is 1. The molecule has 0 spiro atoms. The molecule has 0 saturated heterocycles. The van der Waals surface area contributed by atoms with Crippen LogP contribution in [-0.4, -0.2) is 42.0 Å². The number of ether oxygens (including phenoxy) is 1. The predicted molar refractivity (Wildman–Crippen MR) is 170 cm³/mol. The van der Waals surface area contributed by atoms with E-state index in [1.807, 2.05) is 13.0 Å². The second kappa shape index (κ2) is 16.0. The van der Waals surface area contributed by atoms with E-state index in [1.54, 1.807) is 91.0 Å². The van der Waals surface area contributed by atoms with Crippen LogP contribution in [0.1, 0.15) is 54.1 Å². The van der Waals surface area contributed by atoms with Gasteiger partial charge in [0, 0.05) is 36.2 Å². The fourth-order valence-corrected chi connectivity index (χ4v) is 4.82. The fourth-order valence-electron chi connectivity index (χ4n) is 4.82. The van der Waals surface area contributed by atoms with Gasteiger partial charge in [-0.3, -0.25) is 9.59 Å². The zero-order valence-electron chi connectivity index (χ0n) is 24.7. The number of carbonyl (C=O) groups excluding carboxylic acids is 2. The van der Waals surface area contributed by atoms with Crippen molar-refractivity contribution in [2.24, 2.45) is 0 Å². The minimum atomic E-state index is -1.04. The van der Waals surface area contributed by atoms with E-state index < -0.39 is 17.8 Å². The monoisotopic (exact) mass is 596 g/mol. The highest BCUT2D eigenvalue weighted by Gasteiger charge is 2.22. The number of ketones is 1. The number of nitrogens with zero attached hydrogens (tertiary/aromatic N) is 1. The SMILES string of the molecule is CCCCC(=O)N(CCCOc1ccc(C[C@H](Nc2ccccc2C(=O)c2ccccc2)C(=O)O)cc1)c1ccccc1F. The Balaban J connectivity index is 1.34. The molecule has 0 aliphatic heterocycles. The van der Waals surface area contributed by atoms with E-state index in [0.717, 1.165) is 18.4 Å². The maximum Gasteiger partial charge on any atom is 0.326 e. The lowest BCUT2D eigenvalue weighted by Gasteiger charge is -2.23. The highest BCUT2D eigenvalue weighted by molar-refractivity contribution is 6.12. The van der Waals surface area contributed by atoms with Crippen LogP contribution >= 0.6 is 0 Å². The molecule has 0 aliphatic rings.